The molecule has 0 aliphatic rings. The van der Waals surface area contributed by atoms with E-state index in [1.807, 2.05) is 19.0 Å². The maximum atomic E-state index is 12.5. The van der Waals surface area contributed by atoms with Crippen LogP contribution in [-0.4, -0.2) is 50.3 Å². The molecule has 0 aliphatic heterocycles. The number of carbonyl (C=O) groups is 1. The van der Waals surface area contributed by atoms with Gasteiger partial charge in [0, 0.05) is 18.7 Å². The quantitative estimate of drug-likeness (QED) is 0.266. The molecule has 0 unspecified atom stereocenters. The monoisotopic (exact) mass is 551 g/mol. The van der Waals surface area contributed by atoms with E-state index in [0.29, 0.717) is 12.1 Å². The number of hydrogen-bond acceptors (Lipinski definition) is 4. The molecule has 2 rings (SSSR count). The summed E-state index contributed by atoms with van der Waals surface area (Å²) in [5, 5.41) is 5.42. The Morgan fingerprint density at radius 1 is 1.16 bits per heavy atom. The summed E-state index contributed by atoms with van der Waals surface area (Å²) in [4.78, 5) is 18.3. The number of aliphatic imine (C=N–C) groups is 1. The molecule has 2 aromatic rings. The fraction of sp³-hybridized carbons (Fsp3) is 0.300. The van der Waals surface area contributed by atoms with E-state index in [-0.39, 0.29) is 48.1 Å². The third-order valence-electron chi connectivity index (χ3n) is 3.84. The average Bonchev–Trinajstić information content (AvgIpc) is 2.67. The highest BCUT2D eigenvalue weighted by Gasteiger charge is 2.32. The summed E-state index contributed by atoms with van der Waals surface area (Å²) in [7, 11) is 3.83. The van der Waals surface area contributed by atoms with Gasteiger partial charge in [-0.1, -0.05) is 24.3 Å². The Labute approximate surface area is 195 Å². The van der Waals surface area contributed by atoms with Crippen molar-refractivity contribution in [2.45, 2.75) is 12.9 Å². The first kappa shape index (κ1) is 26.5. The highest BCUT2D eigenvalue weighted by Crippen LogP contribution is 2.29. The van der Waals surface area contributed by atoms with Crippen molar-refractivity contribution in [2.75, 3.05) is 32.5 Å². The van der Waals surface area contributed by atoms with E-state index in [0.717, 1.165) is 12.1 Å². The van der Waals surface area contributed by atoms with Crippen molar-refractivity contribution >= 4 is 41.5 Å². The van der Waals surface area contributed by atoms with Gasteiger partial charge in [0.1, 0.15) is 0 Å². The number of nitrogens with two attached hydrogens (primary N) is 1. The van der Waals surface area contributed by atoms with Gasteiger partial charge in [-0.05, 0) is 43.9 Å². The zero-order valence-electron chi connectivity index (χ0n) is 17.1. The fourth-order valence-electron chi connectivity index (χ4n) is 2.44. The summed E-state index contributed by atoms with van der Waals surface area (Å²) >= 11 is 0. The molecular formula is C20H25F3IN5O2. The zero-order chi connectivity index (χ0) is 22.1. The molecule has 2 aromatic carbocycles. The van der Waals surface area contributed by atoms with E-state index in [4.69, 9.17) is 5.73 Å². The highest BCUT2D eigenvalue weighted by atomic mass is 127. The standard InChI is InChI=1S/C20H24F3N5O2.HI/c1-28(2)11-10-25-18(29)15-7-5-6-14(12-15)13-26-19(24)27-16-8-3-4-9-17(16)30-20(21,22)23;/h3-9,12H,10-11,13H2,1-2H3,(H,25,29)(H3,24,26,27);1H. The second-order valence-corrected chi connectivity index (χ2v) is 6.63. The number of alkyl halides is 3. The average molecular weight is 551 g/mol. The Morgan fingerprint density at radius 2 is 1.87 bits per heavy atom. The molecule has 0 aliphatic carbocycles. The largest absolute Gasteiger partial charge is 0.573 e. The fourth-order valence-corrected chi connectivity index (χ4v) is 2.44. The third kappa shape index (κ3) is 9.87. The minimum absolute atomic E-state index is 0. The molecule has 11 heteroatoms. The van der Waals surface area contributed by atoms with Crippen molar-refractivity contribution in [1.29, 1.82) is 0 Å². The van der Waals surface area contributed by atoms with Gasteiger partial charge in [-0.25, -0.2) is 4.99 Å². The summed E-state index contributed by atoms with van der Waals surface area (Å²) in [5.74, 6) is -0.708. The van der Waals surface area contributed by atoms with Crippen LogP contribution in [0, 0.1) is 0 Å². The van der Waals surface area contributed by atoms with Crippen molar-refractivity contribution in [3.8, 4) is 5.75 Å². The third-order valence-corrected chi connectivity index (χ3v) is 3.84. The number of rotatable bonds is 8. The lowest BCUT2D eigenvalue weighted by Crippen LogP contribution is -2.31. The number of halogens is 4. The van der Waals surface area contributed by atoms with E-state index in [1.54, 1.807) is 24.3 Å². The normalized spacial score (nSPS) is 11.6. The molecule has 0 saturated carbocycles. The number of nitrogens with zero attached hydrogens (tertiary/aromatic N) is 2. The molecule has 31 heavy (non-hydrogen) atoms. The van der Waals surface area contributed by atoms with E-state index in [1.165, 1.54) is 24.3 Å². The predicted octanol–water partition coefficient (Wildman–Crippen LogP) is 3.42. The first-order valence-electron chi connectivity index (χ1n) is 9.07. The highest BCUT2D eigenvalue weighted by molar-refractivity contribution is 14.0. The number of nitrogens with one attached hydrogen (secondary N) is 2. The van der Waals surface area contributed by atoms with Gasteiger partial charge in [-0.15, -0.1) is 37.1 Å². The summed E-state index contributed by atoms with van der Waals surface area (Å²) in [6.07, 6.45) is -4.82. The Hall–Kier alpha value is -2.54. The number of ether oxygens (including phenoxy) is 1. The Kier molecular flexibility index (Phi) is 10.6. The lowest BCUT2D eigenvalue weighted by Gasteiger charge is -2.14. The minimum Gasteiger partial charge on any atom is -0.404 e. The van der Waals surface area contributed by atoms with Crippen LogP contribution < -0.4 is 21.1 Å². The summed E-state index contributed by atoms with van der Waals surface area (Å²) in [6, 6.07) is 12.4. The molecule has 170 valence electrons. The Balaban J connectivity index is 0.00000480. The topological polar surface area (TPSA) is 92.0 Å². The van der Waals surface area contributed by atoms with Crippen molar-refractivity contribution in [3.63, 3.8) is 0 Å². The molecule has 0 aromatic heterocycles. The summed E-state index contributed by atoms with van der Waals surface area (Å²) in [6.45, 7) is 1.38. The maximum Gasteiger partial charge on any atom is 0.573 e. The van der Waals surface area contributed by atoms with Gasteiger partial charge in [0.05, 0.1) is 12.2 Å². The molecule has 0 heterocycles. The molecule has 0 bridgehead atoms. The lowest BCUT2D eigenvalue weighted by molar-refractivity contribution is -0.274. The number of guanidine groups is 1. The van der Waals surface area contributed by atoms with Crippen LogP contribution in [0.15, 0.2) is 53.5 Å². The lowest BCUT2D eigenvalue weighted by atomic mass is 10.1. The first-order valence-corrected chi connectivity index (χ1v) is 9.07. The van der Waals surface area contributed by atoms with Crippen molar-refractivity contribution < 1.29 is 22.7 Å². The molecule has 0 spiro atoms. The number of anilines is 1. The number of likely N-dealkylation sites (N-methyl/N-ethyl adjacent to an activating group) is 1. The number of hydrogen-bond donors (Lipinski definition) is 3. The van der Waals surface area contributed by atoms with Crippen molar-refractivity contribution in [1.82, 2.24) is 10.2 Å². The van der Waals surface area contributed by atoms with Gasteiger partial charge < -0.3 is 26.0 Å². The van der Waals surface area contributed by atoms with Crippen molar-refractivity contribution in [2.24, 2.45) is 10.7 Å². The van der Waals surface area contributed by atoms with Crippen molar-refractivity contribution in [3.05, 3.63) is 59.7 Å². The molecule has 0 saturated heterocycles. The van der Waals surface area contributed by atoms with Crippen LogP contribution in [0.1, 0.15) is 15.9 Å². The van der Waals surface area contributed by atoms with Gasteiger partial charge in [-0.2, -0.15) is 0 Å². The summed E-state index contributed by atoms with van der Waals surface area (Å²) < 4.78 is 41.5. The Bertz CT molecular complexity index is 891. The van der Waals surface area contributed by atoms with Crippen LogP contribution in [0.4, 0.5) is 18.9 Å². The second-order valence-electron chi connectivity index (χ2n) is 6.63. The number of amides is 1. The van der Waals surface area contributed by atoms with Gasteiger partial charge in [0.2, 0.25) is 0 Å². The SMILES string of the molecule is CN(C)CCNC(=O)c1cccc(CN=C(N)Nc2ccccc2OC(F)(F)F)c1.I. The van der Waals surface area contributed by atoms with Gasteiger partial charge in [0.15, 0.2) is 11.7 Å². The number of benzene rings is 2. The molecule has 0 radical (unpaired) electrons. The van der Waals surface area contributed by atoms with E-state index in [2.05, 4.69) is 20.4 Å². The molecule has 1 amide bonds. The van der Waals surface area contributed by atoms with E-state index < -0.39 is 12.1 Å². The number of carbonyl (C=O) groups excluding carboxylic acids is 1. The van der Waals surface area contributed by atoms with Crippen LogP contribution in [-0.2, 0) is 6.54 Å². The molecule has 7 nitrogen and oxygen atoms in total. The van der Waals surface area contributed by atoms with Crippen LogP contribution >= 0.6 is 24.0 Å². The zero-order valence-corrected chi connectivity index (χ0v) is 19.4. The number of para-hydroxylation sites is 2. The van der Waals surface area contributed by atoms with Crippen LogP contribution in [0.5, 0.6) is 5.75 Å². The maximum absolute atomic E-state index is 12.5. The van der Waals surface area contributed by atoms with Crippen LogP contribution in [0.25, 0.3) is 0 Å². The van der Waals surface area contributed by atoms with Gasteiger partial charge in [-0.3, -0.25) is 4.79 Å². The van der Waals surface area contributed by atoms with Crippen LogP contribution in [0.2, 0.25) is 0 Å². The van der Waals surface area contributed by atoms with E-state index >= 15 is 0 Å². The van der Waals surface area contributed by atoms with Crippen LogP contribution in [0.3, 0.4) is 0 Å². The molecular weight excluding hydrogens is 526 g/mol. The van der Waals surface area contributed by atoms with Gasteiger partial charge in [0.25, 0.3) is 5.91 Å². The van der Waals surface area contributed by atoms with Gasteiger partial charge >= 0.3 is 6.36 Å². The summed E-state index contributed by atoms with van der Waals surface area (Å²) in [5.41, 5.74) is 7.03. The molecule has 0 fully saturated rings. The predicted molar refractivity (Wildman–Crippen MR) is 125 cm³/mol. The minimum atomic E-state index is -4.82. The first-order chi connectivity index (χ1) is 14.1. The molecule has 4 N–H and O–H groups in total. The second kappa shape index (κ2) is 12.3. The molecule has 0 atom stereocenters. The van der Waals surface area contributed by atoms with E-state index in [9.17, 15) is 18.0 Å². The smallest absolute Gasteiger partial charge is 0.404 e. The Morgan fingerprint density at radius 3 is 2.55 bits per heavy atom.